The zero-order valence-electron chi connectivity index (χ0n) is 14.7. The van der Waals surface area contributed by atoms with Gasteiger partial charge < -0.3 is 4.74 Å². The van der Waals surface area contributed by atoms with Crippen LogP contribution in [0.5, 0.6) is 0 Å². The van der Waals surface area contributed by atoms with Crippen LogP contribution < -0.4 is 10.4 Å². The van der Waals surface area contributed by atoms with E-state index in [0.29, 0.717) is 0 Å². The molecule has 23 heavy (non-hydrogen) atoms. The topological polar surface area (TPSA) is 9.23 Å². The SMILES string of the molecule is C=C(C)c1cccc([Si](CCOC(C)(C)C)c2ccccc2)c1. The summed E-state index contributed by atoms with van der Waals surface area (Å²) in [6.07, 6.45) is 0. The van der Waals surface area contributed by atoms with Gasteiger partial charge in [0.1, 0.15) is 8.80 Å². The molecule has 0 saturated heterocycles. The van der Waals surface area contributed by atoms with Gasteiger partial charge in [-0.3, -0.25) is 0 Å². The molecular formula is C21H27OSi. The molecule has 0 spiro atoms. The van der Waals surface area contributed by atoms with Gasteiger partial charge in [0.15, 0.2) is 0 Å². The van der Waals surface area contributed by atoms with Crippen molar-refractivity contribution in [1.29, 1.82) is 0 Å². The van der Waals surface area contributed by atoms with Gasteiger partial charge in [0.25, 0.3) is 0 Å². The van der Waals surface area contributed by atoms with Crippen LogP contribution in [0, 0.1) is 0 Å². The van der Waals surface area contributed by atoms with E-state index >= 15 is 0 Å². The second-order valence-corrected chi connectivity index (χ2v) is 9.53. The summed E-state index contributed by atoms with van der Waals surface area (Å²) in [6, 6.07) is 20.8. The highest BCUT2D eigenvalue weighted by Crippen LogP contribution is 2.12. The van der Waals surface area contributed by atoms with Crippen molar-refractivity contribution in [3.8, 4) is 0 Å². The Morgan fingerprint density at radius 2 is 1.65 bits per heavy atom. The van der Waals surface area contributed by atoms with E-state index in [-0.39, 0.29) is 5.60 Å². The van der Waals surface area contributed by atoms with Gasteiger partial charge in [-0.1, -0.05) is 77.1 Å². The molecule has 0 atom stereocenters. The first kappa shape index (κ1) is 17.7. The number of hydrogen-bond acceptors (Lipinski definition) is 1. The van der Waals surface area contributed by atoms with Crippen LogP contribution in [0.25, 0.3) is 5.57 Å². The first-order valence-corrected chi connectivity index (χ1v) is 9.89. The largest absolute Gasteiger partial charge is 0.376 e. The molecule has 0 aliphatic rings. The van der Waals surface area contributed by atoms with Gasteiger partial charge in [0, 0.05) is 6.61 Å². The predicted octanol–water partition coefficient (Wildman–Crippen LogP) is 4.14. The van der Waals surface area contributed by atoms with Crippen molar-refractivity contribution in [3.05, 3.63) is 66.7 Å². The zero-order valence-corrected chi connectivity index (χ0v) is 15.7. The molecule has 1 nitrogen and oxygen atoms in total. The van der Waals surface area contributed by atoms with E-state index in [1.165, 1.54) is 15.9 Å². The molecule has 0 N–H and O–H groups in total. The van der Waals surface area contributed by atoms with Crippen molar-refractivity contribution in [2.24, 2.45) is 0 Å². The number of allylic oxidation sites excluding steroid dienone is 1. The average Bonchev–Trinajstić information content (AvgIpc) is 2.51. The van der Waals surface area contributed by atoms with Gasteiger partial charge in [0.2, 0.25) is 0 Å². The fraction of sp³-hybridized carbons (Fsp3) is 0.333. The van der Waals surface area contributed by atoms with Crippen molar-refractivity contribution in [2.45, 2.75) is 39.3 Å². The van der Waals surface area contributed by atoms with E-state index in [4.69, 9.17) is 4.74 Å². The minimum atomic E-state index is -0.843. The number of benzene rings is 2. The molecule has 0 amide bonds. The monoisotopic (exact) mass is 323 g/mol. The Morgan fingerprint density at radius 1 is 1.00 bits per heavy atom. The molecule has 0 aliphatic heterocycles. The van der Waals surface area contributed by atoms with Crippen LogP contribution in [0.1, 0.15) is 33.3 Å². The van der Waals surface area contributed by atoms with E-state index in [1.54, 1.807) is 0 Å². The Morgan fingerprint density at radius 3 is 2.26 bits per heavy atom. The number of ether oxygens (including phenoxy) is 1. The lowest BCUT2D eigenvalue weighted by atomic mass is 10.1. The molecule has 1 radical (unpaired) electrons. The summed E-state index contributed by atoms with van der Waals surface area (Å²) in [5, 5.41) is 2.87. The van der Waals surface area contributed by atoms with E-state index in [9.17, 15) is 0 Å². The van der Waals surface area contributed by atoms with Gasteiger partial charge in [0.05, 0.1) is 5.60 Å². The minimum absolute atomic E-state index is 0.0801. The van der Waals surface area contributed by atoms with Crippen molar-refractivity contribution < 1.29 is 4.74 Å². The Hall–Kier alpha value is -1.64. The zero-order chi connectivity index (χ0) is 16.9. The first-order valence-electron chi connectivity index (χ1n) is 8.18. The fourth-order valence-corrected chi connectivity index (χ4v) is 4.97. The lowest BCUT2D eigenvalue weighted by Crippen LogP contribution is -2.43. The van der Waals surface area contributed by atoms with Gasteiger partial charge >= 0.3 is 0 Å². The summed E-state index contributed by atoms with van der Waals surface area (Å²) in [5.41, 5.74) is 2.27. The lowest BCUT2D eigenvalue weighted by Gasteiger charge is -2.22. The van der Waals surface area contributed by atoms with E-state index in [2.05, 4.69) is 88.9 Å². The highest BCUT2D eigenvalue weighted by atomic mass is 28.3. The van der Waals surface area contributed by atoms with Crippen molar-refractivity contribution in [1.82, 2.24) is 0 Å². The molecule has 121 valence electrons. The molecule has 2 aromatic rings. The Kier molecular flexibility index (Phi) is 5.97. The molecule has 0 aliphatic carbocycles. The Bertz CT molecular complexity index is 640. The standard InChI is InChI=1S/C21H27OSi/c1-17(2)18-10-9-13-20(16-18)23(15-14-22-21(3,4)5)19-11-7-6-8-12-19/h6-13,16H,1,14-15H2,2-5H3. The van der Waals surface area contributed by atoms with Crippen molar-refractivity contribution in [3.63, 3.8) is 0 Å². The van der Waals surface area contributed by atoms with Crippen LogP contribution in [-0.4, -0.2) is 21.0 Å². The third-order valence-corrected chi connectivity index (χ3v) is 6.46. The van der Waals surface area contributed by atoms with Crippen LogP contribution in [0.2, 0.25) is 6.04 Å². The van der Waals surface area contributed by atoms with Crippen LogP contribution in [0.3, 0.4) is 0 Å². The molecule has 0 bridgehead atoms. The molecule has 0 saturated carbocycles. The second-order valence-electron chi connectivity index (χ2n) is 6.92. The fourth-order valence-electron chi connectivity index (χ4n) is 2.53. The maximum atomic E-state index is 5.99. The predicted molar refractivity (Wildman–Crippen MR) is 103 cm³/mol. The van der Waals surface area contributed by atoms with E-state index in [1.807, 2.05) is 0 Å². The van der Waals surface area contributed by atoms with Gasteiger partial charge in [-0.15, -0.1) is 0 Å². The quantitative estimate of drug-likeness (QED) is 0.726. The van der Waals surface area contributed by atoms with E-state index in [0.717, 1.165) is 18.2 Å². The maximum absolute atomic E-state index is 5.99. The van der Waals surface area contributed by atoms with Crippen LogP contribution in [-0.2, 0) is 4.74 Å². The molecular weight excluding hydrogens is 296 g/mol. The van der Waals surface area contributed by atoms with Gasteiger partial charge in [-0.25, -0.2) is 0 Å². The molecule has 0 unspecified atom stereocenters. The van der Waals surface area contributed by atoms with Crippen molar-refractivity contribution >= 4 is 24.7 Å². The minimum Gasteiger partial charge on any atom is -0.376 e. The highest BCUT2D eigenvalue weighted by molar-refractivity contribution is 6.85. The van der Waals surface area contributed by atoms with Crippen LogP contribution in [0.4, 0.5) is 0 Å². The average molecular weight is 324 g/mol. The molecule has 2 aromatic carbocycles. The molecule has 2 rings (SSSR count). The summed E-state index contributed by atoms with van der Waals surface area (Å²) in [7, 11) is -0.843. The van der Waals surface area contributed by atoms with Gasteiger partial charge in [-0.2, -0.15) is 0 Å². The van der Waals surface area contributed by atoms with Crippen LogP contribution in [0.15, 0.2) is 61.2 Å². The molecule has 0 fully saturated rings. The van der Waals surface area contributed by atoms with E-state index < -0.39 is 8.80 Å². The Labute approximate surface area is 142 Å². The molecule has 2 heteroatoms. The maximum Gasteiger partial charge on any atom is 0.123 e. The summed E-state index contributed by atoms with van der Waals surface area (Å²) < 4.78 is 5.99. The summed E-state index contributed by atoms with van der Waals surface area (Å²) in [6.45, 7) is 13.3. The third kappa shape index (κ3) is 5.49. The highest BCUT2D eigenvalue weighted by Gasteiger charge is 2.19. The number of hydrogen-bond donors (Lipinski definition) is 0. The summed E-state index contributed by atoms with van der Waals surface area (Å²) in [5.74, 6) is 0. The lowest BCUT2D eigenvalue weighted by molar-refractivity contribution is 0.00526. The summed E-state index contributed by atoms with van der Waals surface area (Å²) >= 11 is 0. The smallest absolute Gasteiger partial charge is 0.123 e. The Balaban J connectivity index is 2.26. The molecule has 0 heterocycles. The first-order chi connectivity index (χ1) is 10.9. The second kappa shape index (κ2) is 7.76. The van der Waals surface area contributed by atoms with Crippen molar-refractivity contribution in [2.75, 3.05) is 6.61 Å². The van der Waals surface area contributed by atoms with Crippen LogP contribution >= 0.6 is 0 Å². The third-order valence-electron chi connectivity index (χ3n) is 3.71. The molecule has 0 aromatic heterocycles. The summed E-state index contributed by atoms with van der Waals surface area (Å²) in [4.78, 5) is 0. The number of rotatable bonds is 6. The normalized spacial score (nSPS) is 11.7. The van der Waals surface area contributed by atoms with Gasteiger partial charge in [-0.05, 0) is 39.3 Å².